The third-order valence-corrected chi connectivity index (χ3v) is 3.20. The first kappa shape index (κ1) is 14.8. The number of aryl methyl sites for hydroxylation is 2. The molecule has 0 spiro atoms. The highest BCUT2D eigenvalue weighted by Gasteiger charge is 2.17. The Morgan fingerprint density at radius 2 is 2.00 bits per heavy atom. The van der Waals surface area contributed by atoms with E-state index in [1.165, 1.54) is 0 Å². The van der Waals surface area contributed by atoms with Crippen molar-refractivity contribution in [3.63, 3.8) is 0 Å². The summed E-state index contributed by atoms with van der Waals surface area (Å²) >= 11 is 0. The lowest BCUT2D eigenvalue weighted by Gasteiger charge is -2.18. The number of furan rings is 1. The van der Waals surface area contributed by atoms with Crippen molar-refractivity contribution < 1.29 is 9.21 Å². The second-order valence-corrected chi connectivity index (χ2v) is 5.27. The average molecular weight is 252 g/mol. The quantitative estimate of drug-likeness (QED) is 0.845. The molecule has 0 radical (unpaired) electrons. The summed E-state index contributed by atoms with van der Waals surface area (Å²) in [6, 6.07) is 1.82. The van der Waals surface area contributed by atoms with Gasteiger partial charge in [0.05, 0.1) is 6.04 Å². The molecule has 1 amide bonds. The normalized spacial score (nSPS) is 14.6. The monoisotopic (exact) mass is 252 g/mol. The predicted molar refractivity (Wildman–Crippen MR) is 72.2 cm³/mol. The number of nitrogens with one attached hydrogen (secondary N) is 1. The zero-order chi connectivity index (χ0) is 13.9. The highest BCUT2D eigenvalue weighted by Crippen LogP contribution is 2.21. The van der Waals surface area contributed by atoms with Gasteiger partial charge in [0.1, 0.15) is 11.5 Å². The van der Waals surface area contributed by atoms with Crippen LogP contribution in [0, 0.1) is 19.8 Å². The molecule has 1 heterocycles. The standard InChI is InChI=1S/C14H24N2O2/c1-8(2)13(15)7-14(17)16-10(4)12-6-9(3)18-11(12)5/h6,8,10,13H,7,15H2,1-5H3,(H,16,17). The lowest BCUT2D eigenvalue weighted by Crippen LogP contribution is -2.35. The first-order valence-corrected chi connectivity index (χ1v) is 6.43. The van der Waals surface area contributed by atoms with Crippen LogP contribution in [0.5, 0.6) is 0 Å². The molecular formula is C14H24N2O2. The van der Waals surface area contributed by atoms with Gasteiger partial charge >= 0.3 is 0 Å². The molecule has 3 N–H and O–H groups in total. The fourth-order valence-electron chi connectivity index (χ4n) is 1.91. The van der Waals surface area contributed by atoms with Crippen molar-refractivity contribution in [2.75, 3.05) is 0 Å². The summed E-state index contributed by atoms with van der Waals surface area (Å²) < 4.78 is 5.46. The molecule has 2 unspecified atom stereocenters. The fourth-order valence-corrected chi connectivity index (χ4v) is 1.91. The summed E-state index contributed by atoms with van der Waals surface area (Å²) in [5.41, 5.74) is 6.91. The van der Waals surface area contributed by atoms with Gasteiger partial charge in [0, 0.05) is 18.0 Å². The third-order valence-electron chi connectivity index (χ3n) is 3.20. The molecule has 1 aromatic rings. The number of rotatable bonds is 5. The van der Waals surface area contributed by atoms with Gasteiger partial charge in [0.15, 0.2) is 0 Å². The number of nitrogens with two attached hydrogens (primary N) is 1. The van der Waals surface area contributed by atoms with Crippen molar-refractivity contribution in [3.8, 4) is 0 Å². The lowest BCUT2D eigenvalue weighted by molar-refractivity contribution is -0.122. The molecule has 0 aliphatic carbocycles. The van der Waals surface area contributed by atoms with E-state index < -0.39 is 0 Å². The molecule has 18 heavy (non-hydrogen) atoms. The molecule has 0 saturated heterocycles. The van der Waals surface area contributed by atoms with Crippen LogP contribution >= 0.6 is 0 Å². The van der Waals surface area contributed by atoms with Crippen LogP contribution in [0.2, 0.25) is 0 Å². The highest BCUT2D eigenvalue weighted by atomic mass is 16.3. The number of hydrogen-bond donors (Lipinski definition) is 2. The van der Waals surface area contributed by atoms with Gasteiger partial charge in [-0.2, -0.15) is 0 Å². The van der Waals surface area contributed by atoms with E-state index in [4.69, 9.17) is 10.2 Å². The van der Waals surface area contributed by atoms with Gasteiger partial charge in [0.2, 0.25) is 5.91 Å². The largest absolute Gasteiger partial charge is 0.466 e. The van der Waals surface area contributed by atoms with Crippen LogP contribution in [-0.4, -0.2) is 11.9 Å². The first-order valence-electron chi connectivity index (χ1n) is 6.43. The van der Waals surface area contributed by atoms with Crippen LogP contribution < -0.4 is 11.1 Å². The van der Waals surface area contributed by atoms with Gasteiger partial charge in [-0.15, -0.1) is 0 Å². The van der Waals surface area contributed by atoms with E-state index in [0.717, 1.165) is 17.1 Å². The van der Waals surface area contributed by atoms with Gasteiger partial charge in [-0.1, -0.05) is 13.8 Å². The molecule has 0 fully saturated rings. The smallest absolute Gasteiger partial charge is 0.222 e. The van der Waals surface area contributed by atoms with Gasteiger partial charge in [0.25, 0.3) is 0 Å². The Labute approximate surface area is 109 Å². The van der Waals surface area contributed by atoms with Crippen LogP contribution in [0.15, 0.2) is 10.5 Å². The maximum absolute atomic E-state index is 11.8. The fraction of sp³-hybridized carbons (Fsp3) is 0.643. The van der Waals surface area contributed by atoms with Gasteiger partial charge < -0.3 is 15.5 Å². The summed E-state index contributed by atoms with van der Waals surface area (Å²) in [5.74, 6) is 2.02. The lowest BCUT2D eigenvalue weighted by atomic mass is 10.0. The average Bonchev–Trinajstić information content (AvgIpc) is 2.57. The SMILES string of the molecule is Cc1cc(C(C)NC(=O)CC(N)C(C)C)c(C)o1. The molecular weight excluding hydrogens is 228 g/mol. The van der Waals surface area contributed by atoms with Gasteiger partial charge in [-0.05, 0) is 32.8 Å². The van der Waals surface area contributed by atoms with E-state index in [1.54, 1.807) is 0 Å². The Morgan fingerprint density at radius 3 is 2.44 bits per heavy atom. The van der Waals surface area contributed by atoms with Crippen LogP contribution in [0.1, 0.15) is 50.3 Å². The zero-order valence-electron chi connectivity index (χ0n) is 11.9. The molecule has 4 nitrogen and oxygen atoms in total. The van der Waals surface area contributed by atoms with Crippen LogP contribution in [0.25, 0.3) is 0 Å². The minimum absolute atomic E-state index is 0.0121. The van der Waals surface area contributed by atoms with E-state index in [0.29, 0.717) is 12.3 Å². The Morgan fingerprint density at radius 1 is 1.39 bits per heavy atom. The van der Waals surface area contributed by atoms with Crippen LogP contribution in [0.4, 0.5) is 0 Å². The number of carbonyl (C=O) groups is 1. The minimum atomic E-state index is -0.0932. The van der Waals surface area contributed by atoms with Crippen molar-refractivity contribution in [2.24, 2.45) is 11.7 Å². The van der Waals surface area contributed by atoms with Crippen molar-refractivity contribution >= 4 is 5.91 Å². The maximum Gasteiger partial charge on any atom is 0.222 e. The summed E-state index contributed by atoms with van der Waals surface area (Å²) in [5, 5.41) is 2.96. The van der Waals surface area contributed by atoms with Crippen LogP contribution in [-0.2, 0) is 4.79 Å². The Balaban J connectivity index is 2.57. The van der Waals surface area contributed by atoms with Gasteiger partial charge in [-0.3, -0.25) is 4.79 Å². The zero-order valence-corrected chi connectivity index (χ0v) is 11.9. The highest BCUT2D eigenvalue weighted by molar-refractivity contribution is 5.77. The van der Waals surface area contributed by atoms with Crippen molar-refractivity contribution in [1.29, 1.82) is 0 Å². The molecule has 1 rings (SSSR count). The van der Waals surface area contributed by atoms with E-state index in [1.807, 2.05) is 40.7 Å². The summed E-state index contributed by atoms with van der Waals surface area (Å²) in [6.45, 7) is 9.80. The molecule has 0 aliphatic heterocycles. The van der Waals surface area contributed by atoms with Gasteiger partial charge in [-0.25, -0.2) is 0 Å². The van der Waals surface area contributed by atoms with E-state index >= 15 is 0 Å². The van der Waals surface area contributed by atoms with E-state index in [9.17, 15) is 4.79 Å². The number of carbonyl (C=O) groups excluding carboxylic acids is 1. The minimum Gasteiger partial charge on any atom is -0.466 e. The Hall–Kier alpha value is -1.29. The Bertz CT molecular complexity index is 410. The molecule has 102 valence electrons. The second-order valence-electron chi connectivity index (χ2n) is 5.27. The molecule has 2 atom stereocenters. The molecule has 1 aromatic heterocycles. The molecule has 4 heteroatoms. The summed E-state index contributed by atoms with van der Waals surface area (Å²) in [4.78, 5) is 11.8. The second kappa shape index (κ2) is 6.05. The maximum atomic E-state index is 11.8. The molecule has 0 aromatic carbocycles. The van der Waals surface area contributed by atoms with Crippen molar-refractivity contribution in [1.82, 2.24) is 5.32 Å². The molecule has 0 aliphatic rings. The predicted octanol–water partition coefficient (Wildman–Crippen LogP) is 2.45. The molecule has 0 bridgehead atoms. The topological polar surface area (TPSA) is 68.3 Å². The van der Waals surface area contributed by atoms with E-state index in [2.05, 4.69) is 5.32 Å². The number of hydrogen-bond acceptors (Lipinski definition) is 3. The summed E-state index contributed by atoms with van der Waals surface area (Å²) in [7, 11) is 0. The third kappa shape index (κ3) is 3.88. The first-order chi connectivity index (χ1) is 8.31. The van der Waals surface area contributed by atoms with E-state index in [-0.39, 0.29) is 18.0 Å². The van der Waals surface area contributed by atoms with Crippen molar-refractivity contribution in [3.05, 3.63) is 23.2 Å². The molecule has 0 saturated carbocycles. The number of amides is 1. The summed E-state index contributed by atoms with van der Waals surface area (Å²) in [6.07, 6.45) is 0.359. The Kier molecular flexibility index (Phi) is 4.96. The van der Waals surface area contributed by atoms with Crippen LogP contribution in [0.3, 0.4) is 0 Å². The van der Waals surface area contributed by atoms with Crippen molar-refractivity contribution in [2.45, 2.75) is 53.1 Å².